The lowest BCUT2D eigenvalue weighted by Crippen LogP contribution is -2.40. The van der Waals surface area contributed by atoms with Gasteiger partial charge in [-0.2, -0.15) is 0 Å². The zero-order valence-corrected chi connectivity index (χ0v) is 10.6. The monoisotopic (exact) mass is 252 g/mol. The van der Waals surface area contributed by atoms with Crippen LogP contribution in [0, 0.1) is 11.8 Å². The van der Waals surface area contributed by atoms with Crippen LogP contribution < -0.4 is 0 Å². The summed E-state index contributed by atoms with van der Waals surface area (Å²) < 4.78 is 3.95. The van der Waals surface area contributed by atoms with Crippen LogP contribution in [0.5, 0.6) is 0 Å². The van der Waals surface area contributed by atoms with Crippen molar-refractivity contribution < 1.29 is 9.90 Å². The molecule has 3 rings (SSSR count). The van der Waals surface area contributed by atoms with Gasteiger partial charge < -0.3 is 10.0 Å². The zero-order chi connectivity index (χ0) is 12.0. The molecule has 5 heteroatoms. The molecule has 92 valence electrons. The van der Waals surface area contributed by atoms with Crippen LogP contribution in [0.3, 0.4) is 0 Å². The predicted molar refractivity (Wildman–Crippen MR) is 64.9 cm³/mol. The molecule has 0 spiro atoms. The second-order valence-corrected chi connectivity index (χ2v) is 6.06. The number of hydrogen-bond acceptors (Lipinski definition) is 4. The van der Waals surface area contributed by atoms with Gasteiger partial charge in [0.2, 0.25) is 0 Å². The fraction of sp³-hybridized carbons (Fsp3) is 0.667. The largest absolute Gasteiger partial charge is 0.387 e. The Morgan fingerprint density at radius 3 is 3.00 bits per heavy atom. The Labute approximate surface area is 104 Å². The van der Waals surface area contributed by atoms with Crippen molar-refractivity contribution in [3.8, 4) is 0 Å². The molecule has 1 aromatic heterocycles. The van der Waals surface area contributed by atoms with Crippen LogP contribution in [-0.4, -0.2) is 39.0 Å². The van der Waals surface area contributed by atoms with Crippen molar-refractivity contribution >= 4 is 17.4 Å². The third kappa shape index (κ3) is 1.77. The number of carbonyl (C=O) groups is 1. The van der Waals surface area contributed by atoms with Gasteiger partial charge in [0.15, 0.2) is 0 Å². The highest BCUT2D eigenvalue weighted by Gasteiger charge is 2.53. The van der Waals surface area contributed by atoms with Crippen LogP contribution in [0.4, 0.5) is 0 Å². The number of carbonyl (C=O) groups excluding carboxylic acids is 1. The van der Waals surface area contributed by atoms with Gasteiger partial charge in [-0.05, 0) is 36.4 Å². The molecule has 2 fully saturated rings. The Bertz CT molecular complexity index is 430. The number of hydrogen-bond donors (Lipinski definition) is 1. The van der Waals surface area contributed by atoms with Gasteiger partial charge in [0.05, 0.1) is 12.1 Å². The van der Waals surface area contributed by atoms with Gasteiger partial charge in [0, 0.05) is 18.7 Å². The van der Waals surface area contributed by atoms with E-state index in [1.165, 1.54) is 11.5 Å². The molecule has 1 N–H and O–H groups in total. The van der Waals surface area contributed by atoms with Crippen molar-refractivity contribution in [3.05, 3.63) is 17.1 Å². The van der Waals surface area contributed by atoms with Gasteiger partial charge >= 0.3 is 0 Å². The van der Waals surface area contributed by atoms with Crippen LogP contribution in [0.25, 0.3) is 0 Å². The smallest absolute Gasteiger partial charge is 0.265 e. The van der Waals surface area contributed by atoms with Crippen LogP contribution in [0.15, 0.2) is 12.3 Å². The van der Waals surface area contributed by atoms with E-state index in [1.54, 1.807) is 17.2 Å². The Hall–Kier alpha value is -0.940. The van der Waals surface area contributed by atoms with E-state index in [9.17, 15) is 9.90 Å². The number of β-amino-alcohol motifs (C(OH)–C–C–N with tert-alkyl or cyclic N) is 1. The molecule has 0 radical (unpaired) electrons. The Morgan fingerprint density at radius 1 is 1.65 bits per heavy atom. The maximum absolute atomic E-state index is 12.2. The lowest BCUT2D eigenvalue weighted by molar-refractivity contribution is -0.00361. The van der Waals surface area contributed by atoms with Gasteiger partial charge in [-0.1, -0.05) is 6.92 Å². The van der Waals surface area contributed by atoms with Crippen molar-refractivity contribution in [1.82, 2.24) is 9.27 Å². The van der Waals surface area contributed by atoms with Crippen molar-refractivity contribution in [2.75, 3.05) is 13.1 Å². The van der Waals surface area contributed by atoms with E-state index < -0.39 is 5.60 Å². The zero-order valence-electron chi connectivity index (χ0n) is 9.80. The number of aromatic nitrogens is 1. The first-order valence-corrected chi connectivity index (χ1v) is 6.81. The summed E-state index contributed by atoms with van der Waals surface area (Å²) in [4.78, 5) is 14.6. The quantitative estimate of drug-likeness (QED) is 0.865. The number of amides is 1. The lowest BCUT2D eigenvalue weighted by atomic mass is 9.88. The minimum absolute atomic E-state index is 0.0101. The van der Waals surface area contributed by atoms with Gasteiger partial charge in [0.1, 0.15) is 4.88 Å². The molecule has 0 unspecified atom stereocenters. The van der Waals surface area contributed by atoms with Crippen molar-refractivity contribution in [2.24, 2.45) is 11.8 Å². The molecule has 0 bridgehead atoms. The van der Waals surface area contributed by atoms with E-state index in [4.69, 9.17) is 0 Å². The van der Waals surface area contributed by atoms with E-state index in [0.29, 0.717) is 23.9 Å². The number of nitrogens with zero attached hydrogens (tertiary/aromatic N) is 2. The van der Waals surface area contributed by atoms with Crippen molar-refractivity contribution in [1.29, 1.82) is 0 Å². The molecule has 1 saturated heterocycles. The molecule has 2 atom stereocenters. The highest BCUT2D eigenvalue weighted by Crippen LogP contribution is 2.47. The summed E-state index contributed by atoms with van der Waals surface area (Å²) in [7, 11) is 0. The molecule has 1 aromatic rings. The third-order valence-electron chi connectivity index (χ3n) is 4.01. The third-order valence-corrected chi connectivity index (χ3v) is 4.75. The summed E-state index contributed by atoms with van der Waals surface area (Å²) in [5, 5.41) is 10.6. The van der Waals surface area contributed by atoms with E-state index >= 15 is 0 Å². The molecule has 2 aliphatic rings. The van der Waals surface area contributed by atoms with E-state index in [0.717, 1.165) is 12.8 Å². The summed E-state index contributed by atoms with van der Waals surface area (Å²) >= 11 is 1.22. The van der Waals surface area contributed by atoms with Crippen LogP contribution >= 0.6 is 11.5 Å². The van der Waals surface area contributed by atoms with Crippen LogP contribution in [-0.2, 0) is 0 Å². The Kier molecular flexibility index (Phi) is 2.48. The fourth-order valence-corrected chi connectivity index (χ4v) is 3.33. The molecule has 1 aliphatic carbocycles. The standard InChI is InChI=1S/C12H16N2O2S/c1-8-6-14(7-12(8,16)9-2-3-9)11(15)10-4-5-13-17-10/h4-5,8-9,16H,2-3,6-7H2,1H3/t8-,12+/m1/s1. The average molecular weight is 252 g/mol. The molecule has 4 nitrogen and oxygen atoms in total. The van der Waals surface area contributed by atoms with Crippen LogP contribution in [0.1, 0.15) is 29.4 Å². The minimum Gasteiger partial charge on any atom is -0.387 e. The summed E-state index contributed by atoms with van der Waals surface area (Å²) in [6.45, 7) is 3.18. The molecule has 0 aromatic carbocycles. The fourth-order valence-electron chi connectivity index (χ4n) is 2.77. The molecule has 2 heterocycles. The maximum atomic E-state index is 12.2. The SMILES string of the molecule is C[C@@H]1CN(C(=O)c2ccns2)C[C@@]1(O)C1CC1. The number of aliphatic hydroxyl groups is 1. The topological polar surface area (TPSA) is 53.4 Å². The van der Waals surface area contributed by atoms with Crippen LogP contribution in [0.2, 0.25) is 0 Å². The second kappa shape index (κ2) is 3.78. The molecular formula is C12H16N2O2S. The number of rotatable bonds is 2. The van der Waals surface area contributed by atoms with Gasteiger partial charge in [0.25, 0.3) is 5.91 Å². The van der Waals surface area contributed by atoms with Crippen molar-refractivity contribution in [2.45, 2.75) is 25.4 Å². The first kappa shape index (κ1) is 11.2. The second-order valence-electron chi connectivity index (χ2n) is 5.23. The Morgan fingerprint density at radius 2 is 2.41 bits per heavy atom. The molecule has 1 amide bonds. The van der Waals surface area contributed by atoms with Crippen molar-refractivity contribution in [3.63, 3.8) is 0 Å². The van der Waals surface area contributed by atoms with E-state index in [2.05, 4.69) is 4.37 Å². The lowest BCUT2D eigenvalue weighted by Gasteiger charge is -2.26. The molecule has 1 aliphatic heterocycles. The first-order valence-electron chi connectivity index (χ1n) is 6.03. The maximum Gasteiger partial charge on any atom is 0.265 e. The average Bonchev–Trinajstić information content (AvgIpc) is 2.94. The Balaban J connectivity index is 1.77. The predicted octanol–water partition coefficient (Wildman–Crippen LogP) is 1.38. The van der Waals surface area contributed by atoms with Gasteiger partial charge in [-0.3, -0.25) is 4.79 Å². The number of likely N-dealkylation sites (tertiary alicyclic amines) is 1. The minimum atomic E-state index is -0.652. The highest BCUT2D eigenvalue weighted by atomic mass is 32.1. The normalized spacial score (nSPS) is 33.1. The van der Waals surface area contributed by atoms with E-state index in [1.807, 2.05) is 6.92 Å². The molecule has 17 heavy (non-hydrogen) atoms. The van der Waals surface area contributed by atoms with E-state index in [-0.39, 0.29) is 11.8 Å². The summed E-state index contributed by atoms with van der Waals surface area (Å²) in [6.07, 6.45) is 3.84. The summed E-state index contributed by atoms with van der Waals surface area (Å²) in [5.74, 6) is 0.583. The van der Waals surface area contributed by atoms with Gasteiger partial charge in [-0.25, -0.2) is 4.37 Å². The summed E-state index contributed by atoms with van der Waals surface area (Å²) in [6, 6.07) is 1.74. The molecular weight excluding hydrogens is 236 g/mol. The van der Waals surface area contributed by atoms with Gasteiger partial charge in [-0.15, -0.1) is 0 Å². The summed E-state index contributed by atoms with van der Waals surface area (Å²) in [5.41, 5.74) is -0.652. The first-order chi connectivity index (χ1) is 8.11. The molecule has 1 saturated carbocycles. The highest BCUT2D eigenvalue weighted by molar-refractivity contribution is 7.08.